The fraction of sp³-hybridized carbons (Fsp3) is 0.308. The lowest BCUT2D eigenvalue weighted by Crippen LogP contribution is -2.19. The van der Waals surface area contributed by atoms with Crippen molar-refractivity contribution in [3.8, 4) is 5.69 Å². The molecule has 6 heteroatoms. The molecule has 0 bridgehead atoms. The van der Waals surface area contributed by atoms with Crippen molar-refractivity contribution in [2.45, 2.75) is 27.2 Å². The zero-order valence-electron chi connectivity index (χ0n) is 11.3. The van der Waals surface area contributed by atoms with Gasteiger partial charge in [0.25, 0.3) is 0 Å². The van der Waals surface area contributed by atoms with Gasteiger partial charge in [0, 0.05) is 24.5 Å². The van der Waals surface area contributed by atoms with Gasteiger partial charge < -0.3 is 15.5 Å². The number of aryl methyl sites for hydroxylation is 3. The molecule has 0 amide bonds. The van der Waals surface area contributed by atoms with Gasteiger partial charge in [-0.25, -0.2) is 4.98 Å². The molecule has 0 aliphatic carbocycles. The zero-order chi connectivity index (χ0) is 14.0. The van der Waals surface area contributed by atoms with Gasteiger partial charge in [0.1, 0.15) is 5.82 Å². The normalized spacial score (nSPS) is 11.8. The Morgan fingerprint density at radius 2 is 2.21 bits per heavy atom. The summed E-state index contributed by atoms with van der Waals surface area (Å²) in [5.74, 6) is 0.966. The summed E-state index contributed by atoms with van der Waals surface area (Å²) >= 11 is 0. The van der Waals surface area contributed by atoms with E-state index in [0.717, 1.165) is 29.3 Å². The maximum atomic E-state index is 8.94. The fourth-order valence-corrected chi connectivity index (χ4v) is 2.18. The number of oxime groups is 1. The highest BCUT2D eigenvalue weighted by Crippen LogP contribution is 2.20. The highest BCUT2D eigenvalue weighted by molar-refractivity contribution is 6.01. The van der Waals surface area contributed by atoms with Crippen LogP contribution in [0.5, 0.6) is 0 Å². The van der Waals surface area contributed by atoms with Gasteiger partial charge in [-0.05, 0) is 19.9 Å². The number of imidazole rings is 1. The first kappa shape index (κ1) is 13.1. The van der Waals surface area contributed by atoms with Gasteiger partial charge in [-0.15, -0.1) is 0 Å². The molecule has 2 aromatic heterocycles. The third kappa shape index (κ3) is 2.29. The molecule has 2 heterocycles. The Labute approximate surface area is 111 Å². The highest BCUT2D eigenvalue weighted by atomic mass is 16.4. The van der Waals surface area contributed by atoms with Crippen LogP contribution in [0.2, 0.25) is 0 Å². The Hall–Kier alpha value is -2.37. The van der Waals surface area contributed by atoms with Crippen LogP contribution in [0.25, 0.3) is 5.69 Å². The Bertz CT molecular complexity index is 630. The average molecular weight is 259 g/mol. The van der Waals surface area contributed by atoms with Gasteiger partial charge >= 0.3 is 0 Å². The van der Waals surface area contributed by atoms with Gasteiger partial charge in [-0.2, -0.15) is 0 Å². The van der Waals surface area contributed by atoms with Crippen LogP contribution in [0.4, 0.5) is 0 Å². The summed E-state index contributed by atoms with van der Waals surface area (Å²) in [6, 6.07) is 1.90. The van der Waals surface area contributed by atoms with Crippen molar-refractivity contribution in [1.82, 2.24) is 14.5 Å². The molecule has 0 fully saturated rings. The molecule has 0 saturated heterocycles. The van der Waals surface area contributed by atoms with E-state index in [1.807, 2.05) is 37.6 Å². The van der Waals surface area contributed by atoms with Gasteiger partial charge in [0.2, 0.25) is 0 Å². The number of pyridine rings is 1. The van der Waals surface area contributed by atoms with E-state index in [1.54, 1.807) is 6.20 Å². The van der Waals surface area contributed by atoms with Crippen molar-refractivity contribution in [2.75, 3.05) is 0 Å². The van der Waals surface area contributed by atoms with E-state index in [9.17, 15) is 0 Å². The minimum Gasteiger partial charge on any atom is -0.409 e. The number of nitrogens with zero attached hydrogens (tertiary/aromatic N) is 4. The number of hydrogen-bond donors (Lipinski definition) is 2. The molecule has 2 rings (SSSR count). The molecule has 0 saturated carbocycles. The lowest BCUT2D eigenvalue weighted by atomic mass is 10.1. The van der Waals surface area contributed by atoms with Gasteiger partial charge in [-0.3, -0.25) is 4.98 Å². The van der Waals surface area contributed by atoms with Crippen LogP contribution >= 0.6 is 0 Å². The Balaban J connectivity index is 2.75. The van der Waals surface area contributed by atoms with E-state index >= 15 is 0 Å². The molecular weight excluding hydrogens is 242 g/mol. The topological polar surface area (TPSA) is 89.3 Å². The Kier molecular flexibility index (Phi) is 3.50. The molecule has 19 heavy (non-hydrogen) atoms. The summed E-state index contributed by atoms with van der Waals surface area (Å²) in [5.41, 5.74) is 8.82. The van der Waals surface area contributed by atoms with Crippen LogP contribution in [0.1, 0.15) is 29.7 Å². The molecule has 0 radical (unpaired) electrons. The summed E-state index contributed by atoms with van der Waals surface area (Å²) in [6.45, 7) is 5.78. The van der Waals surface area contributed by atoms with E-state index in [0.29, 0.717) is 5.56 Å². The summed E-state index contributed by atoms with van der Waals surface area (Å²) in [7, 11) is 0. The summed E-state index contributed by atoms with van der Waals surface area (Å²) in [4.78, 5) is 8.66. The first-order valence-corrected chi connectivity index (χ1v) is 6.07. The number of hydrogen-bond acceptors (Lipinski definition) is 4. The molecule has 100 valence electrons. The Morgan fingerprint density at radius 1 is 1.47 bits per heavy atom. The van der Waals surface area contributed by atoms with Crippen LogP contribution in [0.15, 0.2) is 23.6 Å². The molecule has 0 unspecified atom stereocenters. The number of amidine groups is 1. The molecule has 0 atom stereocenters. The fourth-order valence-electron chi connectivity index (χ4n) is 2.18. The van der Waals surface area contributed by atoms with E-state index in [4.69, 9.17) is 10.9 Å². The van der Waals surface area contributed by atoms with Crippen LogP contribution in [0.3, 0.4) is 0 Å². The van der Waals surface area contributed by atoms with Crippen LogP contribution in [0, 0.1) is 13.8 Å². The predicted molar refractivity (Wildman–Crippen MR) is 72.7 cm³/mol. The van der Waals surface area contributed by atoms with Crippen LogP contribution < -0.4 is 5.73 Å². The van der Waals surface area contributed by atoms with E-state index in [1.165, 1.54) is 0 Å². The van der Waals surface area contributed by atoms with Crippen LogP contribution in [-0.2, 0) is 6.42 Å². The second kappa shape index (κ2) is 5.09. The number of nitrogens with two attached hydrogens (primary N) is 1. The first-order chi connectivity index (χ1) is 9.08. The molecule has 6 nitrogen and oxygen atoms in total. The second-order valence-corrected chi connectivity index (χ2v) is 4.30. The van der Waals surface area contributed by atoms with Crippen molar-refractivity contribution >= 4 is 5.84 Å². The maximum absolute atomic E-state index is 8.94. The minimum absolute atomic E-state index is 0.0516. The molecule has 3 N–H and O–H groups in total. The van der Waals surface area contributed by atoms with Crippen molar-refractivity contribution in [1.29, 1.82) is 0 Å². The number of aromatic nitrogens is 3. The standard InChI is InChI=1S/C13H17N5O/c1-4-11-15-5-6-18(11)10-7-8(2)16-9(3)12(10)13(14)17-19/h5-7,19H,4H2,1-3H3,(H2,14,17). The van der Waals surface area contributed by atoms with Crippen LogP contribution in [-0.4, -0.2) is 25.6 Å². The third-order valence-electron chi connectivity index (χ3n) is 2.96. The number of rotatable bonds is 3. The van der Waals surface area contributed by atoms with Crippen molar-refractivity contribution < 1.29 is 5.21 Å². The average Bonchev–Trinajstić information content (AvgIpc) is 2.85. The molecule has 0 aliphatic heterocycles. The van der Waals surface area contributed by atoms with Gasteiger partial charge in [0.05, 0.1) is 16.9 Å². The van der Waals surface area contributed by atoms with Crippen molar-refractivity contribution in [3.05, 3.63) is 41.2 Å². The molecule has 0 aromatic carbocycles. The zero-order valence-corrected chi connectivity index (χ0v) is 11.3. The summed E-state index contributed by atoms with van der Waals surface area (Å²) < 4.78 is 1.94. The lowest BCUT2D eigenvalue weighted by molar-refractivity contribution is 0.318. The molecule has 0 aliphatic rings. The second-order valence-electron chi connectivity index (χ2n) is 4.30. The summed E-state index contributed by atoms with van der Waals surface area (Å²) in [5, 5.41) is 12.0. The highest BCUT2D eigenvalue weighted by Gasteiger charge is 2.16. The van der Waals surface area contributed by atoms with Crippen molar-refractivity contribution in [3.63, 3.8) is 0 Å². The van der Waals surface area contributed by atoms with E-state index in [2.05, 4.69) is 15.1 Å². The van der Waals surface area contributed by atoms with Gasteiger partial charge in [-0.1, -0.05) is 12.1 Å². The van der Waals surface area contributed by atoms with E-state index < -0.39 is 0 Å². The van der Waals surface area contributed by atoms with E-state index in [-0.39, 0.29) is 5.84 Å². The third-order valence-corrected chi connectivity index (χ3v) is 2.96. The molecule has 2 aromatic rings. The lowest BCUT2D eigenvalue weighted by Gasteiger charge is -2.14. The SMILES string of the molecule is CCc1nccn1-c1cc(C)nc(C)c1/C(N)=N/O. The first-order valence-electron chi connectivity index (χ1n) is 6.07. The van der Waals surface area contributed by atoms with Gasteiger partial charge in [0.15, 0.2) is 5.84 Å². The largest absolute Gasteiger partial charge is 0.409 e. The predicted octanol–water partition coefficient (Wildman–Crippen LogP) is 1.54. The smallest absolute Gasteiger partial charge is 0.174 e. The quantitative estimate of drug-likeness (QED) is 0.379. The summed E-state index contributed by atoms with van der Waals surface area (Å²) in [6.07, 6.45) is 4.39. The Morgan fingerprint density at radius 3 is 2.84 bits per heavy atom. The van der Waals surface area contributed by atoms with Crippen molar-refractivity contribution in [2.24, 2.45) is 10.9 Å². The minimum atomic E-state index is 0.0516. The molecular formula is C13H17N5O. The molecule has 0 spiro atoms. The monoisotopic (exact) mass is 259 g/mol. The maximum Gasteiger partial charge on any atom is 0.174 e.